The molecular weight excluding hydrogens is 226 g/mol. The third kappa shape index (κ3) is 2.22. The summed E-state index contributed by atoms with van der Waals surface area (Å²) in [5.41, 5.74) is 3.15. The van der Waals surface area contributed by atoms with Gasteiger partial charge in [-0.25, -0.2) is 0 Å². The van der Waals surface area contributed by atoms with Gasteiger partial charge in [-0.05, 0) is 44.1 Å². The van der Waals surface area contributed by atoms with Crippen LogP contribution in [0.15, 0.2) is 18.2 Å². The average Bonchev–Trinajstić information content (AvgIpc) is 2.70. The molecule has 0 spiro atoms. The Balaban J connectivity index is 2.27. The van der Waals surface area contributed by atoms with Crippen molar-refractivity contribution >= 4 is 11.6 Å². The minimum Gasteiger partial charge on any atom is -0.319 e. The van der Waals surface area contributed by atoms with Gasteiger partial charge in [-0.2, -0.15) is 5.26 Å². The molecule has 1 heterocycles. The van der Waals surface area contributed by atoms with E-state index >= 15 is 0 Å². The van der Waals surface area contributed by atoms with Gasteiger partial charge in [-0.15, -0.1) is 0 Å². The van der Waals surface area contributed by atoms with E-state index in [0.29, 0.717) is 6.42 Å². The van der Waals surface area contributed by atoms with E-state index in [0.717, 1.165) is 24.2 Å². The van der Waals surface area contributed by atoms with Crippen LogP contribution in [0.25, 0.3) is 0 Å². The molecule has 18 heavy (non-hydrogen) atoms. The summed E-state index contributed by atoms with van der Waals surface area (Å²) in [7, 11) is 1.92. The zero-order valence-electron chi connectivity index (χ0n) is 10.7. The van der Waals surface area contributed by atoms with Crippen LogP contribution in [-0.2, 0) is 17.6 Å². The summed E-state index contributed by atoms with van der Waals surface area (Å²) in [5, 5.41) is 12.1. The van der Waals surface area contributed by atoms with Crippen molar-refractivity contribution in [3.8, 4) is 6.07 Å². The highest BCUT2D eigenvalue weighted by molar-refractivity contribution is 6.02. The van der Waals surface area contributed by atoms with Crippen LogP contribution in [0.2, 0.25) is 0 Å². The molecule has 1 aliphatic heterocycles. The Morgan fingerprint density at radius 1 is 1.56 bits per heavy atom. The summed E-state index contributed by atoms with van der Waals surface area (Å²) in [4.78, 5) is 13.5. The van der Waals surface area contributed by atoms with Gasteiger partial charge in [-0.1, -0.05) is 12.1 Å². The molecule has 1 amide bonds. The summed E-state index contributed by atoms with van der Waals surface area (Å²) in [6, 6.07) is 7.79. The van der Waals surface area contributed by atoms with Crippen LogP contribution in [0.5, 0.6) is 0 Å². The van der Waals surface area contributed by atoms with Crippen molar-refractivity contribution in [2.24, 2.45) is 0 Å². The quantitative estimate of drug-likeness (QED) is 0.866. The van der Waals surface area contributed by atoms with Crippen LogP contribution >= 0.6 is 0 Å². The van der Waals surface area contributed by atoms with Crippen LogP contribution in [-0.4, -0.2) is 25.5 Å². The fraction of sp³-hybridized carbons (Fsp3) is 0.429. The first-order valence-corrected chi connectivity index (χ1v) is 6.15. The Kier molecular flexibility index (Phi) is 3.63. The van der Waals surface area contributed by atoms with Gasteiger partial charge >= 0.3 is 0 Å². The van der Waals surface area contributed by atoms with E-state index in [1.54, 1.807) is 11.8 Å². The van der Waals surface area contributed by atoms with Crippen LogP contribution < -0.4 is 10.2 Å². The molecule has 0 radical (unpaired) electrons. The van der Waals surface area contributed by atoms with Gasteiger partial charge in [0.05, 0.1) is 12.5 Å². The molecule has 0 bridgehead atoms. The van der Waals surface area contributed by atoms with Crippen LogP contribution in [0.1, 0.15) is 18.1 Å². The second-order valence-electron chi connectivity index (χ2n) is 4.56. The van der Waals surface area contributed by atoms with E-state index in [2.05, 4.69) is 17.5 Å². The minimum absolute atomic E-state index is 0.0183. The highest BCUT2D eigenvalue weighted by Crippen LogP contribution is 2.31. The lowest BCUT2D eigenvalue weighted by Crippen LogP contribution is -2.34. The summed E-state index contributed by atoms with van der Waals surface area (Å²) in [5.74, 6) is 0.0183. The monoisotopic (exact) mass is 243 g/mol. The molecule has 0 saturated carbocycles. The van der Waals surface area contributed by atoms with E-state index in [9.17, 15) is 4.79 Å². The number of benzene rings is 1. The minimum atomic E-state index is -0.401. The normalized spacial score (nSPS) is 15.4. The second-order valence-corrected chi connectivity index (χ2v) is 4.56. The van der Waals surface area contributed by atoms with Crippen molar-refractivity contribution in [2.75, 3.05) is 18.5 Å². The number of carbonyl (C=O) groups excluding carboxylic acids is 1. The zero-order chi connectivity index (χ0) is 13.1. The van der Waals surface area contributed by atoms with Crippen LogP contribution in [0, 0.1) is 11.3 Å². The second kappa shape index (κ2) is 5.19. The highest BCUT2D eigenvalue weighted by atomic mass is 16.2. The Morgan fingerprint density at radius 2 is 2.33 bits per heavy atom. The molecule has 1 N–H and O–H groups in total. The summed E-state index contributed by atoms with van der Waals surface area (Å²) in [6.45, 7) is 2.67. The molecule has 0 aromatic heterocycles. The number of hydrogen-bond donors (Lipinski definition) is 1. The van der Waals surface area contributed by atoms with Crippen molar-refractivity contribution in [3.63, 3.8) is 0 Å². The van der Waals surface area contributed by atoms with Gasteiger partial charge in [0.1, 0.15) is 6.04 Å². The molecule has 0 aliphatic carbocycles. The molecule has 1 aliphatic rings. The number of amides is 1. The molecule has 4 nitrogen and oxygen atoms in total. The maximum atomic E-state index is 11.9. The number of nitrogens with zero attached hydrogens (tertiary/aromatic N) is 2. The molecule has 1 aromatic carbocycles. The third-order valence-corrected chi connectivity index (χ3v) is 3.25. The number of rotatable bonds is 4. The Morgan fingerprint density at radius 3 is 3.00 bits per heavy atom. The smallest absolute Gasteiger partial charge is 0.232 e. The molecule has 1 atom stereocenters. The van der Waals surface area contributed by atoms with E-state index in [-0.39, 0.29) is 5.91 Å². The van der Waals surface area contributed by atoms with Crippen LogP contribution in [0.4, 0.5) is 5.69 Å². The lowest BCUT2D eigenvalue weighted by atomic mass is 10.1. The van der Waals surface area contributed by atoms with Crippen molar-refractivity contribution in [1.82, 2.24) is 5.32 Å². The fourth-order valence-corrected chi connectivity index (χ4v) is 2.31. The maximum Gasteiger partial charge on any atom is 0.232 e. The number of nitriles is 1. The van der Waals surface area contributed by atoms with E-state index < -0.39 is 6.04 Å². The molecule has 1 unspecified atom stereocenters. The predicted molar refractivity (Wildman–Crippen MR) is 70.3 cm³/mol. The average molecular weight is 243 g/mol. The standard InChI is InChI=1S/C14H17N3O/c1-10(9-15)17-13-4-3-11(5-6-16-2)7-12(13)8-14(17)18/h3-4,7,10,16H,5-6,8H2,1-2H3. The largest absolute Gasteiger partial charge is 0.319 e. The Labute approximate surface area is 107 Å². The molecule has 94 valence electrons. The van der Waals surface area contributed by atoms with Crippen molar-refractivity contribution in [3.05, 3.63) is 29.3 Å². The number of anilines is 1. The Bertz CT molecular complexity index is 504. The predicted octanol–water partition coefficient (Wildman–Crippen LogP) is 1.25. The van der Waals surface area contributed by atoms with Gasteiger partial charge in [0.25, 0.3) is 0 Å². The highest BCUT2D eigenvalue weighted by Gasteiger charge is 2.30. The van der Waals surface area contributed by atoms with E-state index in [1.807, 2.05) is 19.2 Å². The first kappa shape index (κ1) is 12.6. The fourth-order valence-electron chi connectivity index (χ4n) is 2.31. The van der Waals surface area contributed by atoms with Gasteiger partial charge < -0.3 is 5.32 Å². The maximum absolute atomic E-state index is 11.9. The van der Waals surface area contributed by atoms with Gasteiger partial charge in [0, 0.05) is 5.69 Å². The number of fused-ring (bicyclic) bond motifs is 1. The first-order valence-electron chi connectivity index (χ1n) is 6.15. The van der Waals surface area contributed by atoms with Crippen LogP contribution in [0.3, 0.4) is 0 Å². The van der Waals surface area contributed by atoms with Crippen molar-refractivity contribution < 1.29 is 4.79 Å². The van der Waals surface area contributed by atoms with E-state index in [1.165, 1.54) is 5.56 Å². The SMILES string of the molecule is CNCCc1ccc2c(c1)CC(=O)N2C(C)C#N. The topological polar surface area (TPSA) is 56.1 Å². The zero-order valence-corrected chi connectivity index (χ0v) is 10.7. The molecule has 0 fully saturated rings. The van der Waals surface area contributed by atoms with Crippen molar-refractivity contribution in [2.45, 2.75) is 25.8 Å². The summed E-state index contributed by atoms with van der Waals surface area (Å²) >= 11 is 0. The number of likely N-dealkylation sites (N-methyl/N-ethyl adjacent to an activating group) is 1. The van der Waals surface area contributed by atoms with Crippen molar-refractivity contribution in [1.29, 1.82) is 5.26 Å². The molecule has 4 heteroatoms. The van der Waals surface area contributed by atoms with Gasteiger partial charge in [-0.3, -0.25) is 9.69 Å². The number of nitrogens with one attached hydrogen (secondary N) is 1. The summed E-state index contributed by atoms with van der Waals surface area (Å²) < 4.78 is 0. The molecular formula is C14H17N3O. The molecule has 2 rings (SSSR count). The lowest BCUT2D eigenvalue weighted by molar-refractivity contribution is -0.117. The first-order chi connectivity index (χ1) is 8.67. The molecule has 1 aromatic rings. The van der Waals surface area contributed by atoms with Gasteiger partial charge in [0.15, 0.2) is 0 Å². The van der Waals surface area contributed by atoms with E-state index in [4.69, 9.17) is 5.26 Å². The number of carbonyl (C=O) groups is 1. The Hall–Kier alpha value is -1.86. The number of hydrogen-bond acceptors (Lipinski definition) is 3. The molecule has 0 saturated heterocycles. The van der Waals surface area contributed by atoms with Gasteiger partial charge in [0.2, 0.25) is 5.91 Å². The lowest BCUT2D eigenvalue weighted by Gasteiger charge is -2.19. The third-order valence-electron chi connectivity index (χ3n) is 3.25. The summed E-state index contributed by atoms with van der Waals surface area (Å²) in [6.07, 6.45) is 1.36.